The predicted molar refractivity (Wildman–Crippen MR) is 117 cm³/mol. The molecule has 0 radical (unpaired) electrons. The molecule has 31 heavy (non-hydrogen) atoms. The van der Waals surface area contributed by atoms with Crippen LogP contribution in [-0.2, 0) is 16.1 Å². The monoisotopic (exact) mass is 419 g/mol. The zero-order valence-corrected chi connectivity index (χ0v) is 16.8. The third-order valence-electron chi connectivity index (χ3n) is 4.51. The molecular weight excluding hydrogens is 398 g/mol. The molecule has 8 heteroatoms. The van der Waals surface area contributed by atoms with E-state index >= 15 is 0 Å². The van der Waals surface area contributed by atoms with Crippen LogP contribution in [0.25, 0.3) is 0 Å². The van der Waals surface area contributed by atoms with Crippen LogP contribution in [0.3, 0.4) is 0 Å². The maximum atomic E-state index is 12.6. The second kappa shape index (κ2) is 10.0. The largest absolute Gasteiger partial charge is 0.452 e. The van der Waals surface area contributed by atoms with Gasteiger partial charge in [0.05, 0.1) is 10.5 Å². The van der Waals surface area contributed by atoms with E-state index < -0.39 is 23.4 Å². The van der Waals surface area contributed by atoms with Gasteiger partial charge in [0.2, 0.25) is 0 Å². The van der Waals surface area contributed by atoms with Crippen LogP contribution in [-0.4, -0.2) is 23.4 Å². The average Bonchev–Trinajstić information content (AvgIpc) is 2.78. The van der Waals surface area contributed by atoms with Gasteiger partial charge >= 0.3 is 5.97 Å². The highest BCUT2D eigenvalue weighted by molar-refractivity contribution is 5.99. The van der Waals surface area contributed by atoms with Gasteiger partial charge in [-0.2, -0.15) is 0 Å². The first-order valence-corrected chi connectivity index (χ1v) is 9.53. The molecule has 3 aromatic rings. The number of amides is 1. The highest BCUT2D eigenvalue weighted by Crippen LogP contribution is 2.24. The molecule has 3 aromatic carbocycles. The first-order valence-electron chi connectivity index (χ1n) is 9.53. The van der Waals surface area contributed by atoms with Crippen molar-refractivity contribution in [3.8, 4) is 0 Å². The van der Waals surface area contributed by atoms with Crippen LogP contribution in [0.2, 0.25) is 0 Å². The summed E-state index contributed by atoms with van der Waals surface area (Å²) in [5, 5.41) is 16.9. The first kappa shape index (κ1) is 21.5. The fraction of sp³-hybridized carbons (Fsp3) is 0.130. The quantitative estimate of drug-likeness (QED) is 0.320. The van der Waals surface area contributed by atoms with Gasteiger partial charge in [-0.05, 0) is 30.2 Å². The van der Waals surface area contributed by atoms with Crippen LogP contribution in [0.15, 0.2) is 72.8 Å². The fourth-order valence-corrected chi connectivity index (χ4v) is 2.87. The van der Waals surface area contributed by atoms with E-state index in [2.05, 4.69) is 10.6 Å². The number of carbonyl (C=O) groups is 2. The lowest BCUT2D eigenvalue weighted by molar-refractivity contribution is -0.384. The number of benzene rings is 3. The predicted octanol–water partition coefficient (Wildman–Crippen LogP) is 4.31. The Kier molecular flexibility index (Phi) is 6.95. The smallest absolute Gasteiger partial charge is 0.341 e. The molecular formula is C23H21N3O5. The number of ether oxygens (including phenoxy) is 1. The lowest BCUT2D eigenvalue weighted by Gasteiger charge is -2.12. The summed E-state index contributed by atoms with van der Waals surface area (Å²) in [5.41, 5.74) is 2.56. The minimum absolute atomic E-state index is 0.0196. The molecule has 0 aliphatic heterocycles. The van der Waals surface area contributed by atoms with E-state index in [4.69, 9.17) is 4.74 Å². The highest BCUT2D eigenvalue weighted by atomic mass is 16.6. The Morgan fingerprint density at radius 2 is 1.68 bits per heavy atom. The summed E-state index contributed by atoms with van der Waals surface area (Å²) in [6.07, 6.45) is 0. The van der Waals surface area contributed by atoms with E-state index in [1.807, 2.05) is 49.4 Å². The van der Waals surface area contributed by atoms with Crippen LogP contribution in [0, 0.1) is 17.0 Å². The molecule has 158 valence electrons. The van der Waals surface area contributed by atoms with Gasteiger partial charge in [0.15, 0.2) is 6.61 Å². The molecule has 0 saturated heterocycles. The van der Waals surface area contributed by atoms with Gasteiger partial charge in [-0.25, -0.2) is 4.79 Å². The topological polar surface area (TPSA) is 111 Å². The zero-order valence-electron chi connectivity index (χ0n) is 16.8. The molecule has 0 saturated carbocycles. The van der Waals surface area contributed by atoms with E-state index in [0.717, 1.165) is 17.2 Å². The Labute approximate surface area is 179 Å². The Balaban J connectivity index is 1.70. The van der Waals surface area contributed by atoms with Crippen molar-refractivity contribution in [2.24, 2.45) is 0 Å². The van der Waals surface area contributed by atoms with Crippen molar-refractivity contribution in [2.45, 2.75) is 13.5 Å². The van der Waals surface area contributed by atoms with Crippen molar-refractivity contribution in [3.63, 3.8) is 0 Å². The number of para-hydroxylation sites is 1. The van der Waals surface area contributed by atoms with Crippen LogP contribution in [0.1, 0.15) is 21.5 Å². The molecule has 0 spiro atoms. The third kappa shape index (κ3) is 5.89. The van der Waals surface area contributed by atoms with E-state index in [1.165, 1.54) is 12.1 Å². The lowest BCUT2D eigenvalue weighted by Crippen LogP contribution is -2.22. The van der Waals surface area contributed by atoms with E-state index in [1.54, 1.807) is 12.1 Å². The van der Waals surface area contributed by atoms with Gasteiger partial charge in [0, 0.05) is 30.1 Å². The van der Waals surface area contributed by atoms with E-state index in [-0.39, 0.29) is 11.3 Å². The lowest BCUT2D eigenvalue weighted by atomic mass is 10.1. The van der Waals surface area contributed by atoms with Crippen molar-refractivity contribution >= 4 is 28.9 Å². The number of hydrogen-bond acceptors (Lipinski definition) is 6. The Morgan fingerprint density at radius 1 is 0.968 bits per heavy atom. The number of hydrogen-bond donors (Lipinski definition) is 2. The minimum Gasteiger partial charge on any atom is -0.452 e. The molecule has 0 atom stereocenters. The summed E-state index contributed by atoms with van der Waals surface area (Å²) < 4.78 is 5.12. The first-order chi connectivity index (χ1) is 14.9. The molecule has 0 aliphatic carbocycles. The maximum Gasteiger partial charge on any atom is 0.341 e. The molecule has 8 nitrogen and oxygen atoms in total. The SMILES string of the molecule is Cc1ccccc1NC(=O)COC(=O)c1cc([N+](=O)[O-])ccc1NCc1ccccc1. The van der Waals surface area contributed by atoms with Crippen molar-refractivity contribution in [3.05, 3.63) is 99.6 Å². The molecule has 0 aliphatic rings. The molecule has 0 bridgehead atoms. The van der Waals surface area contributed by atoms with Crippen molar-refractivity contribution in [1.82, 2.24) is 0 Å². The summed E-state index contributed by atoms with van der Waals surface area (Å²) in [6, 6.07) is 20.6. The van der Waals surface area contributed by atoms with E-state index in [0.29, 0.717) is 17.9 Å². The maximum absolute atomic E-state index is 12.6. The van der Waals surface area contributed by atoms with Crippen LogP contribution < -0.4 is 10.6 Å². The molecule has 0 heterocycles. The van der Waals surface area contributed by atoms with Crippen LogP contribution >= 0.6 is 0 Å². The number of nitrogens with one attached hydrogen (secondary N) is 2. The Hall–Kier alpha value is -4.20. The summed E-state index contributed by atoms with van der Waals surface area (Å²) in [4.78, 5) is 35.3. The van der Waals surface area contributed by atoms with Crippen LogP contribution in [0.4, 0.5) is 17.1 Å². The standard InChI is InChI=1S/C23H21N3O5/c1-16-7-5-6-10-20(16)25-22(27)15-31-23(28)19-13-18(26(29)30)11-12-21(19)24-14-17-8-3-2-4-9-17/h2-13,24H,14-15H2,1H3,(H,25,27). The molecule has 0 aromatic heterocycles. The summed E-state index contributed by atoms with van der Waals surface area (Å²) in [7, 11) is 0. The molecule has 2 N–H and O–H groups in total. The van der Waals surface area contributed by atoms with Gasteiger partial charge in [0.1, 0.15) is 0 Å². The highest BCUT2D eigenvalue weighted by Gasteiger charge is 2.19. The van der Waals surface area contributed by atoms with Gasteiger partial charge in [-0.3, -0.25) is 14.9 Å². The fourth-order valence-electron chi connectivity index (χ4n) is 2.87. The summed E-state index contributed by atoms with van der Waals surface area (Å²) in [5.74, 6) is -1.34. The summed E-state index contributed by atoms with van der Waals surface area (Å²) >= 11 is 0. The second-order valence-corrected chi connectivity index (χ2v) is 6.77. The number of nitrogens with zero attached hydrogens (tertiary/aromatic N) is 1. The molecule has 3 rings (SSSR count). The normalized spacial score (nSPS) is 10.2. The average molecular weight is 419 g/mol. The number of carbonyl (C=O) groups excluding carboxylic acids is 2. The Bertz CT molecular complexity index is 1100. The minimum atomic E-state index is -0.834. The number of esters is 1. The van der Waals surface area contributed by atoms with Gasteiger partial charge in [-0.1, -0.05) is 48.5 Å². The van der Waals surface area contributed by atoms with Gasteiger partial charge < -0.3 is 15.4 Å². The van der Waals surface area contributed by atoms with Crippen molar-refractivity contribution in [2.75, 3.05) is 17.2 Å². The third-order valence-corrected chi connectivity index (χ3v) is 4.51. The Morgan fingerprint density at radius 3 is 2.39 bits per heavy atom. The second-order valence-electron chi connectivity index (χ2n) is 6.77. The zero-order chi connectivity index (χ0) is 22.2. The number of aryl methyl sites for hydroxylation is 1. The number of nitro benzene ring substituents is 1. The van der Waals surface area contributed by atoms with Crippen LogP contribution in [0.5, 0.6) is 0 Å². The molecule has 1 amide bonds. The molecule has 0 fully saturated rings. The summed E-state index contributed by atoms with van der Waals surface area (Å²) in [6.45, 7) is 1.73. The number of rotatable bonds is 8. The van der Waals surface area contributed by atoms with Crippen molar-refractivity contribution in [1.29, 1.82) is 0 Å². The van der Waals surface area contributed by atoms with Crippen molar-refractivity contribution < 1.29 is 19.2 Å². The van der Waals surface area contributed by atoms with Gasteiger partial charge in [-0.15, -0.1) is 0 Å². The molecule has 0 unspecified atom stereocenters. The van der Waals surface area contributed by atoms with E-state index in [9.17, 15) is 19.7 Å². The number of nitro groups is 1. The number of anilines is 2. The van der Waals surface area contributed by atoms with Gasteiger partial charge in [0.25, 0.3) is 11.6 Å². The number of non-ortho nitro benzene ring substituents is 1.